The standard InChI is InChI=1S/C16H16N4O3S2/c17-7-10-9-4-2-1-3-5-11(9)25-15(10)18-14(23)8-24-16-19-12(21)6-13(22)20-16/h6H,1-5,8H2,(H,18,23)(H2,19,20,21,22). The van der Waals surface area contributed by atoms with Gasteiger partial charge in [0, 0.05) is 4.88 Å². The van der Waals surface area contributed by atoms with Crippen LogP contribution in [-0.4, -0.2) is 26.7 Å². The number of H-pyrrole nitrogens is 1. The minimum atomic E-state index is -0.482. The van der Waals surface area contributed by atoms with Crippen molar-refractivity contribution < 1.29 is 9.90 Å². The maximum atomic E-state index is 12.2. The van der Waals surface area contributed by atoms with Crippen molar-refractivity contribution in [2.75, 3.05) is 11.1 Å². The molecule has 1 aliphatic rings. The van der Waals surface area contributed by atoms with Crippen LogP contribution in [0.25, 0.3) is 0 Å². The molecule has 2 aromatic rings. The third kappa shape index (κ3) is 4.21. The molecule has 7 nitrogen and oxygen atoms in total. The summed E-state index contributed by atoms with van der Waals surface area (Å²) in [6.07, 6.45) is 5.18. The van der Waals surface area contributed by atoms with Crippen molar-refractivity contribution in [2.24, 2.45) is 0 Å². The number of aromatic amines is 1. The summed E-state index contributed by atoms with van der Waals surface area (Å²) >= 11 is 2.49. The number of anilines is 1. The van der Waals surface area contributed by atoms with Crippen LogP contribution in [0.3, 0.4) is 0 Å². The van der Waals surface area contributed by atoms with Crippen molar-refractivity contribution >= 4 is 34.0 Å². The van der Waals surface area contributed by atoms with Gasteiger partial charge in [0.25, 0.3) is 5.56 Å². The number of thiophene rings is 1. The number of carbonyl (C=O) groups is 1. The molecule has 2 aromatic heterocycles. The molecule has 0 saturated heterocycles. The molecule has 0 saturated carbocycles. The topological polar surface area (TPSA) is 119 Å². The fourth-order valence-electron chi connectivity index (χ4n) is 2.74. The SMILES string of the molecule is N#Cc1c(NC(=O)CSc2nc(O)cc(=O)[nH]2)sc2c1CCCCC2. The molecular formula is C16H16N4O3S2. The number of aromatic nitrogens is 2. The maximum Gasteiger partial charge on any atom is 0.255 e. The molecule has 0 bridgehead atoms. The van der Waals surface area contributed by atoms with E-state index in [0.717, 1.165) is 49.1 Å². The number of amides is 1. The number of hydrogen-bond acceptors (Lipinski definition) is 7. The zero-order valence-corrected chi connectivity index (χ0v) is 14.9. The van der Waals surface area contributed by atoms with E-state index in [0.29, 0.717) is 10.6 Å². The highest BCUT2D eigenvalue weighted by Crippen LogP contribution is 2.37. The number of nitrogens with one attached hydrogen (secondary N) is 2. The van der Waals surface area contributed by atoms with Gasteiger partial charge in [-0.05, 0) is 31.2 Å². The van der Waals surface area contributed by atoms with Gasteiger partial charge in [0.2, 0.25) is 11.8 Å². The molecule has 130 valence electrons. The summed E-state index contributed by atoms with van der Waals surface area (Å²) in [7, 11) is 0. The average molecular weight is 376 g/mol. The van der Waals surface area contributed by atoms with E-state index in [9.17, 15) is 20.0 Å². The third-order valence-electron chi connectivity index (χ3n) is 3.83. The van der Waals surface area contributed by atoms with E-state index < -0.39 is 5.56 Å². The van der Waals surface area contributed by atoms with Crippen molar-refractivity contribution in [1.82, 2.24) is 9.97 Å². The normalized spacial score (nSPS) is 13.6. The second-order valence-electron chi connectivity index (χ2n) is 5.63. The molecule has 0 spiro atoms. The van der Waals surface area contributed by atoms with Crippen LogP contribution >= 0.6 is 23.1 Å². The first-order chi connectivity index (χ1) is 12.1. The third-order valence-corrected chi connectivity index (χ3v) is 5.91. The van der Waals surface area contributed by atoms with Crippen molar-refractivity contribution in [3.8, 4) is 11.9 Å². The molecule has 3 N–H and O–H groups in total. The smallest absolute Gasteiger partial charge is 0.255 e. The second-order valence-corrected chi connectivity index (χ2v) is 7.70. The molecule has 9 heteroatoms. The molecule has 0 aliphatic heterocycles. The van der Waals surface area contributed by atoms with Crippen LogP contribution in [0.2, 0.25) is 0 Å². The van der Waals surface area contributed by atoms with Gasteiger partial charge in [0.1, 0.15) is 11.1 Å². The Morgan fingerprint density at radius 2 is 2.24 bits per heavy atom. The summed E-state index contributed by atoms with van der Waals surface area (Å²) in [4.78, 5) is 30.8. The van der Waals surface area contributed by atoms with E-state index in [1.165, 1.54) is 22.6 Å². The van der Waals surface area contributed by atoms with Gasteiger partial charge in [-0.25, -0.2) is 0 Å². The number of nitriles is 1. The van der Waals surface area contributed by atoms with E-state index in [1.54, 1.807) is 0 Å². The first-order valence-electron chi connectivity index (χ1n) is 7.84. The molecule has 0 aromatic carbocycles. The summed E-state index contributed by atoms with van der Waals surface area (Å²) in [6, 6.07) is 3.18. The van der Waals surface area contributed by atoms with Crippen LogP contribution < -0.4 is 10.9 Å². The molecule has 2 heterocycles. The number of thioether (sulfide) groups is 1. The highest BCUT2D eigenvalue weighted by molar-refractivity contribution is 7.99. The lowest BCUT2D eigenvalue weighted by molar-refractivity contribution is -0.113. The monoisotopic (exact) mass is 376 g/mol. The molecule has 0 fully saturated rings. The molecule has 0 atom stereocenters. The van der Waals surface area contributed by atoms with E-state index in [4.69, 9.17) is 0 Å². The van der Waals surface area contributed by atoms with E-state index in [-0.39, 0.29) is 22.7 Å². The van der Waals surface area contributed by atoms with Gasteiger partial charge in [-0.1, -0.05) is 18.2 Å². The fourth-order valence-corrected chi connectivity index (χ4v) is 4.66. The summed E-state index contributed by atoms with van der Waals surface area (Å²) in [5.74, 6) is -0.663. The number of aryl methyl sites for hydroxylation is 1. The predicted octanol–water partition coefficient (Wildman–Crippen LogP) is 2.41. The zero-order valence-electron chi connectivity index (χ0n) is 13.3. The second kappa shape index (κ2) is 7.72. The number of hydrogen-bond donors (Lipinski definition) is 3. The average Bonchev–Trinajstić information content (AvgIpc) is 2.72. The molecule has 1 aliphatic carbocycles. The van der Waals surface area contributed by atoms with Gasteiger partial charge in [0.15, 0.2) is 5.16 Å². The Morgan fingerprint density at radius 3 is 3.00 bits per heavy atom. The Morgan fingerprint density at radius 1 is 1.44 bits per heavy atom. The van der Waals surface area contributed by atoms with E-state index in [1.807, 2.05) is 0 Å². The minimum absolute atomic E-state index is 0.0137. The Labute approximate surface area is 152 Å². The van der Waals surface area contributed by atoms with Gasteiger partial charge < -0.3 is 15.4 Å². The van der Waals surface area contributed by atoms with Crippen molar-refractivity contribution in [3.63, 3.8) is 0 Å². The molecule has 25 heavy (non-hydrogen) atoms. The summed E-state index contributed by atoms with van der Waals surface area (Å²) in [5, 5.41) is 22.3. The number of carbonyl (C=O) groups excluding carboxylic acids is 1. The van der Waals surface area contributed by atoms with Crippen molar-refractivity contribution in [2.45, 2.75) is 37.3 Å². The lowest BCUT2D eigenvalue weighted by atomic mass is 10.1. The van der Waals surface area contributed by atoms with Crippen LogP contribution in [0.1, 0.15) is 35.3 Å². The first kappa shape index (κ1) is 17.5. The fraction of sp³-hybridized carbons (Fsp3) is 0.375. The van der Waals surface area contributed by atoms with Gasteiger partial charge in [-0.15, -0.1) is 11.3 Å². The lowest BCUT2D eigenvalue weighted by Gasteiger charge is -2.04. The largest absolute Gasteiger partial charge is 0.493 e. The number of aromatic hydroxyl groups is 1. The summed E-state index contributed by atoms with van der Waals surface area (Å²) < 4.78 is 0. The Bertz CT molecular complexity index is 898. The van der Waals surface area contributed by atoms with E-state index >= 15 is 0 Å². The number of rotatable bonds is 4. The van der Waals surface area contributed by atoms with Crippen molar-refractivity contribution in [1.29, 1.82) is 5.26 Å². The molecule has 0 radical (unpaired) electrons. The molecule has 1 amide bonds. The Kier molecular flexibility index (Phi) is 5.40. The van der Waals surface area contributed by atoms with Crippen LogP contribution in [0, 0.1) is 11.3 Å². The van der Waals surface area contributed by atoms with Crippen LogP contribution in [0.15, 0.2) is 16.0 Å². The maximum absolute atomic E-state index is 12.2. The first-order valence-corrected chi connectivity index (χ1v) is 9.64. The predicted molar refractivity (Wildman–Crippen MR) is 96.2 cm³/mol. The molecular weight excluding hydrogens is 360 g/mol. The van der Waals surface area contributed by atoms with Gasteiger partial charge in [-0.3, -0.25) is 9.59 Å². The van der Waals surface area contributed by atoms with Crippen LogP contribution in [0.4, 0.5) is 5.00 Å². The molecule has 0 unspecified atom stereocenters. The van der Waals surface area contributed by atoms with Gasteiger partial charge in [0.05, 0.1) is 17.4 Å². The van der Waals surface area contributed by atoms with Gasteiger partial charge >= 0.3 is 0 Å². The quantitative estimate of drug-likeness (QED) is 0.428. The summed E-state index contributed by atoms with van der Waals surface area (Å²) in [6.45, 7) is 0. The highest BCUT2D eigenvalue weighted by atomic mass is 32.2. The Balaban J connectivity index is 1.69. The zero-order chi connectivity index (χ0) is 17.8. The summed E-state index contributed by atoms with van der Waals surface area (Å²) in [5.41, 5.74) is 1.17. The van der Waals surface area contributed by atoms with Gasteiger partial charge in [-0.2, -0.15) is 10.2 Å². The van der Waals surface area contributed by atoms with Crippen LogP contribution in [-0.2, 0) is 17.6 Å². The Hall–Kier alpha value is -2.31. The highest BCUT2D eigenvalue weighted by Gasteiger charge is 2.21. The van der Waals surface area contributed by atoms with Crippen molar-refractivity contribution in [3.05, 3.63) is 32.4 Å². The molecule has 3 rings (SSSR count). The minimum Gasteiger partial charge on any atom is -0.493 e. The number of nitrogens with zero attached hydrogens (tertiary/aromatic N) is 2. The van der Waals surface area contributed by atoms with E-state index in [2.05, 4.69) is 21.4 Å². The number of fused-ring (bicyclic) bond motifs is 1. The van der Waals surface area contributed by atoms with Crippen LogP contribution in [0.5, 0.6) is 5.88 Å². The lowest BCUT2D eigenvalue weighted by Crippen LogP contribution is -2.15.